The fourth-order valence-corrected chi connectivity index (χ4v) is 4.69. The largest absolute Gasteiger partial charge is 0.354 e. The molecule has 3 aromatic rings. The van der Waals surface area contributed by atoms with Crippen LogP contribution in [-0.4, -0.2) is 22.0 Å². The molecule has 0 radical (unpaired) electrons. The monoisotopic (exact) mass is 399 g/mol. The molecule has 0 unspecified atom stereocenters. The number of benzene rings is 1. The van der Waals surface area contributed by atoms with Crippen LogP contribution in [-0.2, 0) is 11.3 Å². The van der Waals surface area contributed by atoms with E-state index in [4.69, 9.17) is 0 Å². The predicted octanol–water partition coefficient (Wildman–Crippen LogP) is 3.96. The Labute approximate surface area is 166 Å². The number of aromatic nitrogens is 2. The van der Waals surface area contributed by atoms with Crippen LogP contribution < -0.4 is 10.9 Å². The standard InChI is InChI=1S/C21H22FN3O2S/c22-16-8-6-15(7-9-16)17-12-28-20-19(17)21(27)25(13-24-20)11-18(26)23-10-14-4-2-1-3-5-14/h6-9,12-14H,1-5,10-11H2,(H,23,26). The molecule has 1 aliphatic rings. The molecule has 28 heavy (non-hydrogen) atoms. The zero-order chi connectivity index (χ0) is 19.5. The summed E-state index contributed by atoms with van der Waals surface area (Å²) in [6.07, 6.45) is 7.47. The van der Waals surface area contributed by atoms with Gasteiger partial charge < -0.3 is 5.32 Å². The number of hydrogen-bond acceptors (Lipinski definition) is 4. The van der Waals surface area contributed by atoms with E-state index in [2.05, 4.69) is 10.3 Å². The van der Waals surface area contributed by atoms with Crippen molar-refractivity contribution in [3.63, 3.8) is 0 Å². The number of carbonyl (C=O) groups is 1. The van der Waals surface area contributed by atoms with Gasteiger partial charge in [-0.05, 0) is 36.5 Å². The molecule has 1 aliphatic carbocycles. The summed E-state index contributed by atoms with van der Waals surface area (Å²) >= 11 is 1.37. The van der Waals surface area contributed by atoms with E-state index in [0.717, 1.165) is 24.0 Å². The molecule has 0 saturated heterocycles. The van der Waals surface area contributed by atoms with Crippen molar-refractivity contribution in [3.8, 4) is 11.1 Å². The van der Waals surface area contributed by atoms with Gasteiger partial charge in [0.05, 0.1) is 11.7 Å². The van der Waals surface area contributed by atoms with Crippen molar-refractivity contribution >= 4 is 27.5 Å². The highest BCUT2D eigenvalue weighted by molar-refractivity contribution is 7.17. The Morgan fingerprint density at radius 1 is 1.21 bits per heavy atom. The van der Waals surface area contributed by atoms with Crippen LogP contribution in [0.5, 0.6) is 0 Å². The topological polar surface area (TPSA) is 64.0 Å². The van der Waals surface area contributed by atoms with Gasteiger partial charge in [0.15, 0.2) is 0 Å². The number of nitrogens with zero attached hydrogens (tertiary/aromatic N) is 2. The van der Waals surface area contributed by atoms with Gasteiger partial charge in [0.2, 0.25) is 5.91 Å². The normalized spacial score (nSPS) is 15.0. The first kappa shape index (κ1) is 18.8. The van der Waals surface area contributed by atoms with E-state index in [1.54, 1.807) is 12.1 Å². The van der Waals surface area contributed by atoms with Gasteiger partial charge in [-0.15, -0.1) is 11.3 Å². The number of carbonyl (C=O) groups excluding carboxylic acids is 1. The molecule has 0 aliphatic heterocycles. The van der Waals surface area contributed by atoms with Crippen molar-refractivity contribution in [1.82, 2.24) is 14.9 Å². The highest BCUT2D eigenvalue weighted by atomic mass is 32.1. The van der Waals surface area contributed by atoms with Crippen LogP contribution in [0, 0.1) is 11.7 Å². The summed E-state index contributed by atoms with van der Waals surface area (Å²) < 4.78 is 14.6. The molecular formula is C21H22FN3O2S. The van der Waals surface area contributed by atoms with Gasteiger partial charge in [-0.25, -0.2) is 9.37 Å². The van der Waals surface area contributed by atoms with Gasteiger partial charge >= 0.3 is 0 Å². The van der Waals surface area contributed by atoms with Crippen LogP contribution in [0.1, 0.15) is 32.1 Å². The fourth-order valence-electron chi connectivity index (χ4n) is 3.78. The van der Waals surface area contributed by atoms with Gasteiger partial charge in [-0.1, -0.05) is 31.4 Å². The lowest BCUT2D eigenvalue weighted by atomic mass is 9.89. The molecule has 7 heteroatoms. The predicted molar refractivity (Wildman–Crippen MR) is 109 cm³/mol. The fraction of sp³-hybridized carbons (Fsp3) is 0.381. The Morgan fingerprint density at radius 3 is 2.71 bits per heavy atom. The minimum Gasteiger partial charge on any atom is -0.354 e. The minimum absolute atomic E-state index is 0.0484. The maximum atomic E-state index is 13.2. The molecule has 1 fully saturated rings. The van der Waals surface area contributed by atoms with Crippen molar-refractivity contribution in [2.45, 2.75) is 38.6 Å². The summed E-state index contributed by atoms with van der Waals surface area (Å²) in [5.74, 6) is 0.0397. The molecule has 2 heterocycles. The molecule has 5 nitrogen and oxygen atoms in total. The van der Waals surface area contributed by atoms with Crippen molar-refractivity contribution < 1.29 is 9.18 Å². The van der Waals surface area contributed by atoms with E-state index in [9.17, 15) is 14.0 Å². The summed E-state index contributed by atoms with van der Waals surface area (Å²) in [6, 6.07) is 6.02. The quantitative estimate of drug-likeness (QED) is 0.706. The van der Waals surface area contributed by atoms with Crippen LogP contribution in [0.4, 0.5) is 4.39 Å². The summed E-state index contributed by atoms with van der Waals surface area (Å²) in [5.41, 5.74) is 1.22. The van der Waals surface area contributed by atoms with E-state index >= 15 is 0 Å². The number of hydrogen-bond donors (Lipinski definition) is 1. The third-order valence-electron chi connectivity index (χ3n) is 5.34. The van der Waals surface area contributed by atoms with E-state index in [1.807, 2.05) is 5.38 Å². The number of nitrogens with one attached hydrogen (secondary N) is 1. The number of amides is 1. The van der Waals surface area contributed by atoms with Crippen LogP contribution >= 0.6 is 11.3 Å². The second kappa shape index (κ2) is 8.22. The number of fused-ring (bicyclic) bond motifs is 1. The molecule has 0 bridgehead atoms. The molecule has 1 saturated carbocycles. The average molecular weight is 399 g/mol. The molecule has 4 rings (SSSR count). The molecular weight excluding hydrogens is 377 g/mol. The molecule has 2 aromatic heterocycles. The minimum atomic E-state index is -0.326. The van der Waals surface area contributed by atoms with Crippen molar-refractivity contribution in [1.29, 1.82) is 0 Å². The van der Waals surface area contributed by atoms with Gasteiger partial charge in [-0.3, -0.25) is 14.2 Å². The summed E-state index contributed by atoms with van der Waals surface area (Å²) in [7, 11) is 0. The number of thiophene rings is 1. The average Bonchev–Trinajstić information content (AvgIpc) is 3.15. The van der Waals surface area contributed by atoms with Gasteiger partial charge in [0.25, 0.3) is 5.56 Å². The Bertz CT molecular complexity index is 1040. The lowest BCUT2D eigenvalue weighted by Crippen LogP contribution is -2.35. The maximum absolute atomic E-state index is 13.2. The van der Waals surface area contributed by atoms with Crippen LogP contribution in [0.3, 0.4) is 0 Å². The Balaban J connectivity index is 1.54. The van der Waals surface area contributed by atoms with Crippen LogP contribution in [0.25, 0.3) is 21.3 Å². The Kier molecular flexibility index (Phi) is 5.52. The number of rotatable bonds is 5. The molecule has 0 atom stereocenters. The molecule has 1 amide bonds. The summed E-state index contributed by atoms with van der Waals surface area (Å²) in [5, 5.41) is 5.28. The van der Waals surface area contributed by atoms with Gasteiger partial charge in [-0.2, -0.15) is 0 Å². The van der Waals surface area contributed by atoms with Crippen molar-refractivity contribution in [3.05, 3.63) is 52.1 Å². The van der Waals surface area contributed by atoms with Gasteiger partial charge in [0.1, 0.15) is 17.2 Å². The third-order valence-corrected chi connectivity index (χ3v) is 6.23. The Hall–Kier alpha value is -2.54. The van der Waals surface area contributed by atoms with Crippen LogP contribution in [0.15, 0.2) is 40.8 Å². The first-order chi connectivity index (χ1) is 13.6. The smallest absolute Gasteiger partial charge is 0.263 e. The van der Waals surface area contributed by atoms with Crippen molar-refractivity contribution in [2.24, 2.45) is 5.92 Å². The maximum Gasteiger partial charge on any atom is 0.263 e. The molecule has 0 spiro atoms. The van der Waals surface area contributed by atoms with E-state index in [1.165, 1.54) is 53.6 Å². The lowest BCUT2D eigenvalue weighted by molar-refractivity contribution is -0.121. The zero-order valence-corrected chi connectivity index (χ0v) is 16.3. The van der Waals surface area contributed by atoms with Crippen molar-refractivity contribution in [2.75, 3.05) is 6.54 Å². The number of halogens is 1. The second-order valence-corrected chi connectivity index (χ2v) is 8.18. The summed E-state index contributed by atoms with van der Waals surface area (Å²) in [4.78, 5) is 30.3. The van der Waals surface area contributed by atoms with E-state index in [-0.39, 0.29) is 23.8 Å². The SMILES string of the molecule is O=C(Cn1cnc2scc(-c3ccc(F)cc3)c2c1=O)NCC1CCCCC1. The molecule has 1 N–H and O–H groups in total. The third kappa shape index (κ3) is 3.99. The molecule has 146 valence electrons. The first-order valence-electron chi connectivity index (χ1n) is 9.61. The van der Waals surface area contributed by atoms with E-state index in [0.29, 0.717) is 22.7 Å². The first-order valence-corrected chi connectivity index (χ1v) is 10.5. The Morgan fingerprint density at radius 2 is 1.96 bits per heavy atom. The van der Waals surface area contributed by atoms with Gasteiger partial charge in [0, 0.05) is 17.5 Å². The van der Waals surface area contributed by atoms with Crippen LogP contribution in [0.2, 0.25) is 0 Å². The highest BCUT2D eigenvalue weighted by Crippen LogP contribution is 2.30. The zero-order valence-electron chi connectivity index (χ0n) is 15.5. The second-order valence-electron chi connectivity index (χ2n) is 7.32. The van der Waals surface area contributed by atoms with E-state index < -0.39 is 0 Å². The lowest BCUT2D eigenvalue weighted by Gasteiger charge is -2.21. The highest BCUT2D eigenvalue weighted by Gasteiger charge is 2.17. The summed E-state index contributed by atoms with van der Waals surface area (Å²) in [6.45, 7) is 0.621. The molecule has 1 aromatic carbocycles.